The fourth-order valence-corrected chi connectivity index (χ4v) is 5.91. The summed E-state index contributed by atoms with van der Waals surface area (Å²) in [5.74, 6) is 8.91. The zero-order valence-corrected chi connectivity index (χ0v) is 27.2. The number of ether oxygens (including phenoxy) is 3. The SMILES string of the molecule is B.CC(C)CCSCCOCCOB(OCCOCCSCCC(C)C)OCCOCCSCCC(C)C. The molecule has 6 nitrogen and oxygen atoms in total. The molecular weight excluding hydrogens is 538 g/mol. The quantitative estimate of drug-likeness (QED) is 0.0818. The number of hydrogen-bond acceptors (Lipinski definition) is 9. The molecule has 0 saturated heterocycles. The minimum atomic E-state index is -0.725. The van der Waals surface area contributed by atoms with Gasteiger partial charge in [0.1, 0.15) is 0 Å². The second-order valence-electron chi connectivity index (χ2n) is 10.1. The molecule has 228 valence electrons. The number of thioether (sulfide) groups is 3. The molecule has 0 N–H and O–H groups in total. The Labute approximate surface area is 251 Å². The van der Waals surface area contributed by atoms with Crippen LogP contribution >= 0.6 is 35.3 Å². The van der Waals surface area contributed by atoms with Crippen molar-refractivity contribution in [2.24, 2.45) is 17.8 Å². The Hall–Kier alpha value is 0.940. The van der Waals surface area contributed by atoms with Crippen molar-refractivity contribution in [3.63, 3.8) is 0 Å². The van der Waals surface area contributed by atoms with Gasteiger partial charge in [-0.3, -0.25) is 0 Å². The summed E-state index contributed by atoms with van der Waals surface area (Å²) in [6.07, 6.45) is 3.77. The first kappa shape index (κ1) is 41.1. The first-order valence-electron chi connectivity index (χ1n) is 14.2. The van der Waals surface area contributed by atoms with E-state index in [9.17, 15) is 0 Å². The Morgan fingerprint density at radius 2 is 0.711 bits per heavy atom. The average molecular weight is 599 g/mol. The molecule has 0 aromatic rings. The van der Waals surface area contributed by atoms with E-state index in [1.807, 2.05) is 35.3 Å². The van der Waals surface area contributed by atoms with Crippen molar-refractivity contribution < 1.29 is 28.2 Å². The van der Waals surface area contributed by atoms with Gasteiger partial charge in [-0.25, -0.2) is 0 Å². The molecule has 0 saturated carbocycles. The second kappa shape index (κ2) is 32.5. The van der Waals surface area contributed by atoms with Crippen molar-refractivity contribution in [2.45, 2.75) is 60.8 Å². The van der Waals surface area contributed by atoms with E-state index in [4.69, 9.17) is 28.2 Å². The first-order valence-corrected chi connectivity index (χ1v) is 17.7. The fourth-order valence-electron chi connectivity index (χ4n) is 2.68. The van der Waals surface area contributed by atoms with Crippen LogP contribution < -0.4 is 0 Å². The monoisotopic (exact) mass is 598 g/mol. The summed E-state index contributed by atoms with van der Waals surface area (Å²) in [5.41, 5.74) is 0. The molecule has 0 heterocycles. The smallest absolute Gasteiger partial charge is 0.383 e. The molecule has 0 aromatic carbocycles. The summed E-state index contributed by atoms with van der Waals surface area (Å²) in [7, 11) is -0.725. The first-order chi connectivity index (χ1) is 17.9. The standard InChI is InChI=1S/C27H57BO6S3.BH3/c1-25(2)7-19-35-22-16-29-10-13-32-28(33-14-11-30-17-23-36-20-8-26(3)4)34-15-12-31-18-24-37-21-9-27(5)6;/h25-27H,7-24H2,1-6H3;1H3. The molecule has 0 spiro atoms. The third-order valence-electron chi connectivity index (χ3n) is 5.08. The zero-order chi connectivity index (χ0) is 27.4. The third-order valence-corrected chi connectivity index (χ3v) is 8.02. The lowest BCUT2D eigenvalue weighted by Gasteiger charge is -2.15. The Balaban J connectivity index is 0. The Bertz CT molecular complexity index is 393. The normalized spacial score (nSPS) is 11.6. The zero-order valence-electron chi connectivity index (χ0n) is 24.7. The van der Waals surface area contributed by atoms with Crippen LogP contribution in [0.15, 0.2) is 0 Å². The molecule has 0 aliphatic carbocycles. The minimum absolute atomic E-state index is 0. The van der Waals surface area contributed by atoms with Crippen LogP contribution in [0, 0.1) is 17.8 Å². The predicted molar refractivity (Wildman–Crippen MR) is 176 cm³/mol. The van der Waals surface area contributed by atoms with E-state index >= 15 is 0 Å². The Kier molecular flexibility index (Phi) is 35.1. The van der Waals surface area contributed by atoms with Gasteiger partial charge in [-0.05, 0) is 54.3 Å². The summed E-state index contributed by atoms with van der Waals surface area (Å²) in [4.78, 5) is 0. The molecule has 0 radical (unpaired) electrons. The van der Waals surface area contributed by atoms with Crippen LogP contribution in [-0.2, 0) is 28.2 Å². The topological polar surface area (TPSA) is 55.4 Å². The van der Waals surface area contributed by atoms with E-state index in [1.165, 1.54) is 36.5 Å². The minimum Gasteiger partial charge on any atom is -0.383 e. The molecule has 0 aromatic heterocycles. The van der Waals surface area contributed by atoms with E-state index < -0.39 is 7.32 Å². The third kappa shape index (κ3) is 35.0. The van der Waals surface area contributed by atoms with Crippen LogP contribution in [0.25, 0.3) is 0 Å². The highest BCUT2D eigenvalue weighted by atomic mass is 32.2. The van der Waals surface area contributed by atoms with Crippen molar-refractivity contribution in [3.05, 3.63) is 0 Å². The maximum atomic E-state index is 5.77. The lowest BCUT2D eigenvalue weighted by molar-refractivity contribution is 0.0248. The summed E-state index contributed by atoms with van der Waals surface area (Å²) < 4.78 is 34.4. The summed E-state index contributed by atoms with van der Waals surface area (Å²) in [5, 5.41) is 0. The largest absolute Gasteiger partial charge is 0.639 e. The predicted octanol–water partition coefficient (Wildman–Crippen LogP) is 5.22. The van der Waals surface area contributed by atoms with Crippen molar-refractivity contribution in [1.29, 1.82) is 0 Å². The average Bonchev–Trinajstić information content (AvgIpc) is 2.84. The van der Waals surface area contributed by atoms with Crippen molar-refractivity contribution in [3.8, 4) is 0 Å². The van der Waals surface area contributed by atoms with Gasteiger partial charge in [0.25, 0.3) is 0 Å². The lowest BCUT2D eigenvalue weighted by Crippen LogP contribution is -2.31. The van der Waals surface area contributed by atoms with Crippen molar-refractivity contribution in [2.75, 3.05) is 94.0 Å². The van der Waals surface area contributed by atoms with Gasteiger partial charge in [-0.2, -0.15) is 35.3 Å². The molecule has 0 atom stereocenters. The van der Waals surface area contributed by atoms with Crippen LogP contribution in [0.5, 0.6) is 0 Å². The van der Waals surface area contributed by atoms with E-state index in [1.54, 1.807) is 0 Å². The van der Waals surface area contributed by atoms with Gasteiger partial charge in [-0.1, -0.05) is 41.5 Å². The van der Waals surface area contributed by atoms with Gasteiger partial charge in [0.05, 0.1) is 67.9 Å². The Morgan fingerprint density at radius 3 is 0.974 bits per heavy atom. The molecule has 11 heteroatoms. The lowest BCUT2D eigenvalue weighted by atomic mass is 10.2. The van der Waals surface area contributed by atoms with Gasteiger partial charge >= 0.3 is 7.32 Å². The summed E-state index contributed by atoms with van der Waals surface area (Å²) in [6.45, 7) is 18.7. The summed E-state index contributed by atoms with van der Waals surface area (Å²) in [6, 6.07) is 0. The van der Waals surface area contributed by atoms with E-state index in [2.05, 4.69) is 41.5 Å². The Morgan fingerprint density at radius 1 is 0.421 bits per heavy atom. The van der Waals surface area contributed by atoms with E-state index in [0.717, 1.165) is 54.8 Å². The highest BCUT2D eigenvalue weighted by Gasteiger charge is 2.21. The van der Waals surface area contributed by atoms with Crippen LogP contribution in [0.1, 0.15) is 60.8 Å². The number of hydrogen-bond donors (Lipinski definition) is 0. The second-order valence-corrected chi connectivity index (χ2v) is 13.8. The molecule has 0 rings (SSSR count). The maximum absolute atomic E-state index is 5.77. The molecule has 0 fully saturated rings. The van der Waals surface area contributed by atoms with Crippen LogP contribution in [0.2, 0.25) is 0 Å². The highest BCUT2D eigenvalue weighted by molar-refractivity contribution is 7.99. The molecular formula is C27H60B2O6S3. The van der Waals surface area contributed by atoms with Crippen molar-refractivity contribution in [1.82, 2.24) is 0 Å². The van der Waals surface area contributed by atoms with Gasteiger partial charge in [0.2, 0.25) is 0 Å². The maximum Gasteiger partial charge on any atom is 0.639 e. The highest BCUT2D eigenvalue weighted by Crippen LogP contribution is 2.10. The molecule has 0 aliphatic heterocycles. The molecule has 38 heavy (non-hydrogen) atoms. The summed E-state index contributed by atoms with van der Waals surface area (Å²) >= 11 is 5.84. The van der Waals surface area contributed by atoms with Crippen LogP contribution in [-0.4, -0.2) is 110 Å². The van der Waals surface area contributed by atoms with Gasteiger partial charge in [0.15, 0.2) is 0 Å². The molecule has 0 bridgehead atoms. The van der Waals surface area contributed by atoms with Crippen molar-refractivity contribution >= 4 is 51.0 Å². The fraction of sp³-hybridized carbons (Fsp3) is 1.00. The number of rotatable bonds is 30. The molecule has 0 aliphatic rings. The van der Waals surface area contributed by atoms with E-state index in [-0.39, 0.29) is 8.41 Å². The van der Waals surface area contributed by atoms with Gasteiger partial charge in [0, 0.05) is 17.3 Å². The molecule has 0 unspecified atom stereocenters. The molecule has 0 amide bonds. The van der Waals surface area contributed by atoms with Gasteiger partial charge < -0.3 is 28.2 Å². The van der Waals surface area contributed by atoms with Crippen LogP contribution in [0.4, 0.5) is 0 Å². The van der Waals surface area contributed by atoms with E-state index in [0.29, 0.717) is 39.6 Å². The van der Waals surface area contributed by atoms with Crippen LogP contribution in [0.3, 0.4) is 0 Å². The van der Waals surface area contributed by atoms with Gasteiger partial charge in [-0.15, -0.1) is 0 Å².